The van der Waals surface area contributed by atoms with Crippen LogP contribution in [0.5, 0.6) is 0 Å². The van der Waals surface area contributed by atoms with E-state index in [1.54, 1.807) is 36.6 Å². The first kappa shape index (κ1) is 24.3. The summed E-state index contributed by atoms with van der Waals surface area (Å²) in [5, 5.41) is 9.12. The maximum Gasteiger partial charge on any atom is 0.338 e. The number of aromatic carboxylic acids is 1. The molecule has 0 saturated carbocycles. The lowest BCUT2D eigenvalue weighted by Gasteiger charge is -2.25. The fourth-order valence-corrected chi connectivity index (χ4v) is 5.09. The molecule has 8 heteroatoms. The van der Waals surface area contributed by atoms with Crippen molar-refractivity contribution in [3.8, 4) is 0 Å². The van der Waals surface area contributed by atoms with Crippen molar-refractivity contribution in [2.45, 2.75) is 39.7 Å². The number of hydrogen-bond acceptors (Lipinski definition) is 6. The van der Waals surface area contributed by atoms with Gasteiger partial charge in [-0.3, -0.25) is 9.36 Å². The molecule has 7 nitrogen and oxygen atoms in total. The Bertz CT molecular complexity index is 1490. The molecule has 1 aliphatic heterocycles. The third-order valence-electron chi connectivity index (χ3n) is 5.89. The zero-order valence-electron chi connectivity index (χ0n) is 19.9. The number of ether oxygens (including phenoxy) is 1. The van der Waals surface area contributed by atoms with Crippen molar-refractivity contribution in [1.82, 2.24) is 4.57 Å². The van der Waals surface area contributed by atoms with Crippen molar-refractivity contribution >= 4 is 29.4 Å². The van der Waals surface area contributed by atoms with Gasteiger partial charge in [0.05, 0.1) is 34.0 Å². The van der Waals surface area contributed by atoms with E-state index in [-0.39, 0.29) is 17.7 Å². The molecule has 0 amide bonds. The Morgan fingerprint density at radius 3 is 2.37 bits per heavy atom. The lowest BCUT2D eigenvalue weighted by Crippen LogP contribution is -2.39. The number of hydrogen-bond donors (Lipinski definition) is 1. The van der Waals surface area contributed by atoms with Crippen LogP contribution in [0.2, 0.25) is 0 Å². The highest BCUT2D eigenvalue weighted by molar-refractivity contribution is 7.07. The number of esters is 1. The van der Waals surface area contributed by atoms with E-state index >= 15 is 0 Å². The second-order valence-corrected chi connectivity index (χ2v) is 9.56. The maximum absolute atomic E-state index is 13.6. The Morgan fingerprint density at radius 1 is 1.14 bits per heavy atom. The van der Waals surface area contributed by atoms with Crippen LogP contribution in [0.25, 0.3) is 6.08 Å². The van der Waals surface area contributed by atoms with Crippen LogP contribution in [-0.4, -0.2) is 28.2 Å². The number of benzene rings is 2. The minimum absolute atomic E-state index is 0.170. The Morgan fingerprint density at radius 2 is 1.80 bits per heavy atom. The van der Waals surface area contributed by atoms with E-state index < -0.39 is 18.0 Å². The van der Waals surface area contributed by atoms with E-state index in [1.165, 1.54) is 23.5 Å². The number of carboxylic acids is 1. The third-order valence-corrected chi connectivity index (χ3v) is 6.87. The largest absolute Gasteiger partial charge is 0.478 e. The van der Waals surface area contributed by atoms with Gasteiger partial charge >= 0.3 is 11.9 Å². The molecule has 0 bridgehead atoms. The molecule has 1 N–H and O–H groups in total. The number of rotatable bonds is 6. The average molecular weight is 491 g/mol. The van der Waals surface area contributed by atoms with Crippen molar-refractivity contribution in [2.75, 3.05) is 6.61 Å². The van der Waals surface area contributed by atoms with Crippen LogP contribution in [0, 0.1) is 0 Å². The summed E-state index contributed by atoms with van der Waals surface area (Å²) in [7, 11) is 0. The summed E-state index contributed by atoms with van der Waals surface area (Å²) < 4.78 is 7.31. The van der Waals surface area contributed by atoms with Gasteiger partial charge in [-0.1, -0.05) is 61.6 Å². The third kappa shape index (κ3) is 4.74. The highest BCUT2D eigenvalue weighted by Gasteiger charge is 2.33. The topological polar surface area (TPSA) is 98.0 Å². The van der Waals surface area contributed by atoms with Crippen LogP contribution < -0.4 is 14.9 Å². The molecule has 1 aliphatic rings. The quantitative estimate of drug-likeness (QED) is 0.532. The van der Waals surface area contributed by atoms with Crippen LogP contribution >= 0.6 is 11.3 Å². The molecule has 4 rings (SSSR count). The molecule has 1 atom stereocenters. The first-order valence-electron chi connectivity index (χ1n) is 11.3. The Balaban J connectivity index is 1.89. The fraction of sp³-hybridized carbons (Fsp3) is 0.259. The highest BCUT2D eigenvalue weighted by Crippen LogP contribution is 2.31. The van der Waals surface area contributed by atoms with E-state index in [1.807, 2.05) is 24.3 Å². The Hall–Kier alpha value is -3.78. The maximum atomic E-state index is 13.6. The zero-order valence-corrected chi connectivity index (χ0v) is 20.8. The van der Waals surface area contributed by atoms with Gasteiger partial charge < -0.3 is 9.84 Å². The molecule has 0 radical (unpaired) electrons. The molecule has 1 aromatic heterocycles. The van der Waals surface area contributed by atoms with Crippen molar-refractivity contribution < 1.29 is 19.4 Å². The second kappa shape index (κ2) is 9.84. The molecule has 1 unspecified atom stereocenters. The smallest absolute Gasteiger partial charge is 0.338 e. The first-order chi connectivity index (χ1) is 16.7. The van der Waals surface area contributed by atoms with E-state index in [0.717, 1.165) is 11.1 Å². The number of nitrogens with zero attached hydrogens (tertiary/aromatic N) is 2. The first-order valence-corrected chi connectivity index (χ1v) is 12.2. The van der Waals surface area contributed by atoms with Gasteiger partial charge in [-0.2, -0.15) is 0 Å². The molecule has 0 aliphatic carbocycles. The van der Waals surface area contributed by atoms with Gasteiger partial charge in [-0.05, 0) is 54.7 Å². The number of allylic oxidation sites excluding steroid dienone is 1. The molecule has 35 heavy (non-hydrogen) atoms. The van der Waals surface area contributed by atoms with E-state index in [9.17, 15) is 14.4 Å². The second-order valence-electron chi connectivity index (χ2n) is 8.55. The van der Waals surface area contributed by atoms with Gasteiger partial charge in [0, 0.05) is 0 Å². The normalized spacial score (nSPS) is 15.7. The predicted octanol–water partition coefficient (Wildman–Crippen LogP) is 3.62. The summed E-state index contributed by atoms with van der Waals surface area (Å²) in [5.74, 6) is -1.16. The lowest BCUT2D eigenvalue weighted by molar-refractivity contribution is -0.139. The van der Waals surface area contributed by atoms with Crippen LogP contribution in [0.3, 0.4) is 0 Å². The molecule has 3 aromatic rings. The SMILES string of the molecule is CCOC(=O)C1=C(C)N=c2s/c(=C\c3ccc(C(=O)O)cc3)c(=O)n2C1c1ccc(C(C)C)cc1. The van der Waals surface area contributed by atoms with Gasteiger partial charge in [-0.25, -0.2) is 14.6 Å². The number of thiazole rings is 1. The predicted molar refractivity (Wildman–Crippen MR) is 134 cm³/mol. The molecule has 180 valence electrons. The molecule has 0 saturated heterocycles. The molecular weight excluding hydrogens is 464 g/mol. The molecule has 2 heterocycles. The summed E-state index contributed by atoms with van der Waals surface area (Å²) in [6.07, 6.45) is 1.71. The number of fused-ring (bicyclic) bond motifs is 1. The van der Waals surface area contributed by atoms with Crippen molar-refractivity contribution in [3.63, 3.8) is 0 Å². The zero-order chi connectivity index (χ0) is 25.3. The lowest BCUT2D eigenvalue weighted by atomic mass is 9.93. The van der Waals surface area contributed by atoms with E-state index in [4.69, 9.17) is 9.84 Å². The average Bonchev–Trinajstić information content (AvgIpc) is 3.13. The summed E-state index contributed by atoms with van der Waals surface area (Å²) in [6, 6.07) is 13.5. The Labute approximate surface area is 206 Å². The van der Waals surface area contributed by atoms with Crippen LogP contribution in [0.4, 0.5) is 0 Å². The van der Waals surface area contributed by atoms with Gasteiger partial charge in [-0.15, -0.1) is 0 Å². The summed E-state index contributed by atoms with van der Waals surface area (Å²) in [4.78, 5) is 42.8. The standard InChI is InChI=1S/C27H26N2O5S/c1-5-34-26(33)22-16(4)28-27-29(23(22)19-12-10-18(11-13-19)15(2)3)24(30)21(35-27)14-17-6-8-20(9-7-17)25(31)32/h6-15,23H,5H2,1-4H3,(H,31,32)/b21-14-. The van der Waals surface area contributed by atoms with Crippen molar-refractivity contribution in [3.05, 3.63) is 102 Å². The summed E-state index contributed by atoms with van der Waals surface area (Å²) in [5.41, 5.74) is 3.40. The van der Waals surface area contributed by atoms with E-state index in [2.05, 4.69) is 18.8 Å². The van der Waals surface area contributed by atoms with Crippen LogP contribution in [0.15, 0.2) is 69.6 Å². The minimum Gasteiger partial charge on any atom is -0.478 e. The molecule has 0 fully saturated rings. The minimum atomic E-state index is -1.01. The number of carbonyl (C=O) groups is 2. The number of aromatic nitrogens is 1. The Kier molecular flexibility index (Phi) is 6.84. The molecule has 2 aromatic carbocycles. The van der Waals surface area contributed by atoms with Gasteiger partial charge in [0.1, 0.15) is 0 Å². The molecule has 0 spiro atoms. The van der Waals surface area contributed by atoms with Gasteiger partial charge in [0.15, 0.2) is 4.80 Å². The molecular formula is C27H26N2O5S. The van der Waals surface area contributed by atoms with Crippen molar-refractivity contribution in [2.24, 2.45) is 4.99 Å². The van der Waals surface area contributed by atoms with Gasteiger partial charge in [0.2, 0.25) is 0 Å². The van der Waals surface area contributed by atoms with Crippen LogP contribution in [-0.2, 0) is 9.53 Å². The fourth-order valence-electron chi connectivity index (χ4n) is 4.04. The van der Waals surface area contributed by atoms with Crippen LogP contribution in [0.1, 0.15) is 66.7 Å². The van der Waals surface area contributed by atoms with Crippen molar-refractivity contribution in [1.29, 1.82) is 0 Å². The summed E-state index contributed by atoms with van der Waals surface area (Å²) in [6.45, 7) is 7.92. The van der Waals surface area contributed by atoms with E-state index in [0.29, 0.717) is 32.1 Å². The highest BCUT2D eigenvalue weighted by atomic mass is 32.1. The number of carbonyl (C=O) groups excluding carboxylic acids is 1. The van der Waals surface area contributed by atoms with Gasteiger partial charge in [0.25, 0.3) is 5.56 Å². The number of carboxylic acid groups (broad SMARTS) is 1. The summed E-state index contributed by atoms with van der Waals surface area (Å²) >= 11 is 1.23. The monoisotopic (exact) mass is 490 g/mol.